The minimum atomic E-state index is -0.487. The average Bonchev–Trinajstić information content (AvgIpc) is 3.28. The number of carbonyl (C=O) groups excluding carboxylic acids is 2. The molecule has 0 radical (unpaired) electrons. The predicted molar refractivity (Wildman–Crippen MR) is 115 cm³/mol. The number of ether oxygens (including phenoxy) is 2. The molecule has 2 fully saturated rings. The van der Waals surface area contributed by atoms with Gasteiger partial charge in [-0.1, -0.05) is 12.8 Å². The normalized spacial score (nSPS) is 19.9. The molecule has 2 unspecified atom stereocenters. The summed E-state index contributed by atoms with van der Waals surface area (Å²) in [5.41, 5.74) is 7.02. The SMILES string of the molecule is CCCN(CC#Cc1nc(N)c2ncn(C3CCC(C(=O)NC4CC4)O3)c2n1)C(=O)OC. The van der Waals surface area contributed by atoms with E-state index in [0.717, 1.165) is 19.3 Å². The van der Waals surface area contributed by atoms with Crippen LogP contribution in [-0.4, -0.2) is 68.8 Å². The molecule has 2 aromatic rings. The molecule has 3 heterocycles. The predicted octanol–water partition coefficient (Wildman–Crippen LogP) is 1.19. The summed E-state index contributed by atoms with van der Waals surface area (Å²) >= 11 is 0. The van der Waals surface area contributed by atoms with Gasteiger partial charge in [0.15, 0.2) is 11.5 Å². The number of anilines is 1. The van der Waals surface area contributed by atoms with Gasteiger partial charge in [0.25, 0.3) is 0 Å². The molecule has 1 saturated heterocycles. The quantitative estimate of drug-likeness (QED) is 0.638. The molecule has 1 aliphatic heterocycles. The van der Waals surface area contributed by atoms with Gasteiger partial charge in [-0.05, 0) is 38.0 Å². The number of nitrogens with one attached hydrogen (secondary N) is 1. The van der Waals surface area contributed by atoms with Crippen molar-refractivity contribution in [3.63, 3.8) is 0 Å². The summed E-state index contributed by atoms with van der Waals surface area (Å²) in [5, 5.41) is 2.98. The highest BCUT2D eigenvalue weighted by Crippen LogP contribution is 2.32. The maximum atomic E-state index is 12.3. The van der Waals surface area contributed by atoms with Crippen LogP contribution in [0.1, 0.15) is 51.1 Å². The fourth-order valence-corrected chi connectivity index (χ4v) is 3.59. The van der Waals surface area contributed by atoms with Gasteiger partial charge < -0.3 is 20.5 Å². The first kappa shape index (κ1) is 21.8. The number of imidazole rings is 1. The topological polar surface area (TPSA) is 137 Å². The van der Waals surface area contributed by atoms with Gasteiger partial charge in [0.2, 0.25) is 11.7 Å². The second-order valence-electron chi connectivity index (χ2n) is 7.89. The van der Waals surface area contributed by atoms with Crippen molar-refractivity contribution in [3.8, 4) is 11.8 Å². The lowest BCUT2D eigenvalue weighted by atomic mass is 10.2. The molecule has 0 spiro atoms. The second-order valence-corrected chi connectivity index (χ2v) is 7.89. The molecule has 2 atom stereocenters. The van der Waals surface area contributed by atoms with E-state index in [-0.39, 0.29) is 30.3 Å². The third-order valence-corrected chi connectivity index (χ3v) is 5.37. The number of nitrogen functional groups attached to an aromatic ring is 1. The molecule has 1 aliphatic carbocycles. The van der Waals surface area contributed by atoms with Crippen LogP contribution in [0.3, 0.4) is 0 Å². The summed E-state index contributed by atoms with van der Waals surface area (Å²) in [5.74, 6) is 6.12. The summed E-state index contributed by atoms with van der Waals surface area (Å²) < 4.78 is 12.5. The van der Waals surface area contributed by atoms with Crippen molar-refractivity contribution in [1.29, 1.82) is 0 Å². The summed E-state index contributed by atoms with van der Waals surface area (Å²) in [6.07, 6.45) is 4.43. The van der Waals surface area contributed by atoms with Crippen molar-refractivity contribution in [2.75, 3.05) is 25.9 Å². The Bertz CT molecular complexity index is 1070. The van der Waals surface area contributed by atoms with Gasteiger partial charge in [-0.25, -0.2) is 19.7 Å². The van der Waals surface area contributed by atoms with Gasteiger partial charge in [0, 0.05) is 12.6 Å². The molecular weight excluding hydrogens is 414 g/mol. The highest BCUT2D eigenvalue weighted by Gasteiger charge is 2.35. The van der Waals surface area contributed by atoms with Crippen LogP contribution in [0.2, 0.25) is 0 Å². The van der Waals surface area contributed by atoms with Crippen LogP contribution >= 0.6 is 0 Å². The number of hydrogen-bond acceptors (Lipinski definition) is 8. The third kappa shape index (κ3) is 4.75. The molecule has 11 nitrogen and oxygen atoms in total. The molecule has 0 bridgehead atoms. The van der Waals surface area contributed by atoms with E-state index >= 15 is 0 Å². The number of fused-ring (bicyclic) bond motifs is 1. The molecule has 2 aromatic heterocycles. The van der Waals surface area contributed by atoms with E-state index in [1.54, 1.807) is 10.9 Å². The average molecular weight is 441 g/mol. The first-order valence-corrected chi connectivity index (χ1v) is 10.8. The lowest BCUT2D eigenvalue weighted by Crippen LogP contribution is -2.35. The molecule has 170 valence electrons. The van der Waals surface area contributed by atoms with E-state index in [1.165, 1.54) is 12.0 Å². The first-order valence-electron chi connectivity index (χ1n) is 10.8. The van der Waals surface area contributed by atoms with Crippen molar-refractivity contribution in [2.24, 2.45) is 0 Å². The Morgan fingerprint density at radius 2 is 2.16 bits per heavy atom. The van der Waals surface area contributed by atoms with E-state index in [4.69, 9.17) is 15.2 Å². The number of carbonyl (C=O) groups is 2. The number of hydrogen-bond donors (Lipinski definition) is 2. The number of rotatable bonds is 6. The fourth-order valence-electron chi connectivity index (χ4n) is 3.59. The monoisotopic (exact) mass is 441 g/mol. The van der Waals surface area contributed by atoms with Gasteiger partial charge in [0.05, 0.1) is 20.0 Å². The minimum Gasteiger partial charge on any atom is -0.453 e. The molecular formula is C21H27N7O4. The zero-order chi connectivity index (χ0) is 22.7. The Morgan fingerprint density at radius 1 is 1.34 bits per heavy atom. The Kier molecular flexibility index (Phi) is 6.41. The van der Waals surface area contributed by atoms with Crippen LogP contribution in [0.15, 0.2) is 6.33 Å². The lowest BCUT2D eigenvalue weighted by Gasteiger charge is -2.17. The molecule has 2 amide bonds. The highest BCUT2D eigenvalue weighted by atomic mass is 16.5. The van der Waals surface area contributed by atoms with Crippen molar-refractivity contribution < 1.29 is 19.1 Å². The van der Waals surface area contributed by atoms with Gasteiger partial charge in [-0.2, -0.15) is 0 Å². The summed E-state index contributed by atoms with van der Waals surface area (Å²) in [7, 11) is 1.34. The van der Waals surface area contributed by atoms with Crippen molar-refractivity contribution in [1.82, 2.24) is 29.7 Å². The van der Waals surface area contributed by atoms with Crippen molar-refractivity contribution in [3.05, 3.63) is 12.2 Å². The smallest absolute Gasteiger partial charge is 0.410 e. The van der Waals surface area contributed by atoms with Crippen LogP contribution in [0.25, 0.3) is 11.2 Å². The molecule has 3 N–H and O–H groups in total. The van der Waals surface area contributed by atoms with E-state index in [2.05, 4.69) is 32.1 Å². The van der Waals surface area contributed by atoms with Crippen LogP contribution in [0.4, 0.5) is 10.6 Å². The van der Waals surface area contributed by atoms with E-state index in [9.17, 15) is 9.59 Å². The number of amides is 2. The Morgan fingerprint density at radius 3 is 2.88 bits per heavy atom. The van der Waals surface area contributed by atoms with Gasteiger partial charge >= 0.3 is 6.09 Å². The number of aromatic nitrogens is 4. The molecule has 2 aliphatic rings. The zero-order valence-corrected chi connectivity index (χ0v) is 18.2. The molecule has 0 aromatic carbocycles. The summed E-state index contributed by atoms with van der Waals surface area (Å²) in [6, 6.07) is 0.292. The Hall–Kier alpha value is -3.39. The Balaban J connectivity index is 1.50. The van der Waals surface area contributed by atoms with Crippen molar-refractivity contribution in [2.45, 2.75) is 57.4 Å². The second kappa shape index (κ2) is 9.40. The van der Waals surface area contributed by atoms with Gasteiger partial charge in [-0.15, -0.1) is 0 Å². The van der Waals surface area contributed by atoms with Crippen LogP contribution in [0.5, 0.6) is 0 Å². The van der Waals surface area contributed by atoms with Crippen LogP contribution < -0.4 is 11.1 Å². The first-order chi connectivity index (χ1) is 15.5. The lowest BCUT2D eigenvalue weighted by molar-refractivity contribution is -0.134. The van der Waals surface area contributed by atoms with E-state index in [1.807, 2.05) is 6.92 Å². The number of methoxy groups -OCH3 is 1. The largest absolute Gasteiger partial charge is 0.453 e. The van der Waals surface area contributed by atoms with Crippen LogP contribution in [0, 0.1) is 11.8 Å². The van der Waals surface area contributed by atoms with Crippen molar-refractivity contribution >= 4 is 29.0 Å². The van der Waals surface area contributed by atoms with Gasteiger partial charge in [0.1, 0.15) is 17.8 Å². The zero-order valence-electron chi connectivity index (χ0n) is 18.2. The number of nitrogens with two attached hydrogens (primary N) is 1. The van der Waals surface area contributed by atoms with E-state index < -0.39 is 12.2 Å². The standard InChI is InChI=1S/C21H27N7O4/c1-3-10-27(21(30)31-2)11-4-5-15-25-18(22)17-19(26-15)28(12-23-17)16-9-8-14(32-16)20(29)24-13-6-7-13/h12-14,16H,3,6-11H2,1-2H3,(H,24,29)(H2,22,25,26). The molecule has 11 heteroatoms. The molecule has 4 rings (SSSR count). The highest BCUT2D eigenvalue weighted by molar-refractivity contribution is 5.83. The summed E-state index contributed by atoms with van der Waals surface area (Å²) in [4.78, 5) is 38.6. The minimum absolute atomic E-state index is 0.0673. The molecule has 32 heavy (non-hydrogen) atoms. The molecule has 1 saturated carbocycles. The Labute approximate surface area is 185 Å². The third-order valence-electron chi connectivity index (χ3n) is 5.37. The van der Waals surface area contributed by atoms with Gasteiger partial charge in [-0.3, -0.25) is 14.3 Å². The number of nitrogens with zero attached hydrogens (tertiary/aromatic N) is 5. The van der Waals surface area contributed by atoms with Crippen LogP contribution in [-0.2, 0) is 14.3 Å². The van der Waals surface area contributed by atoms with E-state index in [0.29, 0.717) is 36.6 Å². The summed E-state index contributed by atoms with van der Waals surface area (Å²) in [6.45, 7) is 2.68. The maximum absolute atomic E-state index is 12.3. The fraction of sp³-hybridized carbons (Fsp3) is 0.571. The maximum Gasteiger partial charge on any atom is 0.410 e.